The molecule has 4 aliphatic rings. The number of unbranched alkanes of at least 4 members (excludes halogenated alkanes) is 1. The van der Waals surface area contributed by atoms with Gasteiger partial charge in [0.2, 0.25) is 5.78 Å². The number of halogens is 1. The van der Waals surface area contributed by atoms with Crippen LogP contribution in [-0.2, 0) is 33.5 Å². The van der Waals surface area contributed by atoms with Gasteiger partial charge in [-0.2, -0.15) is 0 Å². The number of nitrogens with zero attached hydrogens (tertiary/aromatic N) is 1. The number of Topliss-reactive ketones (excluding diaryl/α,β-unsaturated/α-hetero) is 1. The number of hydrogen-bond donors (Lipinski definition) is 3. The summed E-state index contributed by atoms with van der Waals surface area (Å²) >= 11 is 0. The first kappa shape index (κ1) is 33.7. The molecule has 9 atom stereocenters. The predicted octanol–water partition coefficient (Wildman–Crippen LogP) is 1.70. The zero-order chi connectivity index (χ0) is 32.7. The van der Waals surface area contributed by atoms with Crippen molar-refractivity contribution >= 4 is 23.5 Å². The first-order valence-corrected chi connectivity index (χ1v) is 14.9. The van der Waals surface area contributed by atoms with Crippen LogP contribution in [0.5, 0.6) is 0 Å². The van der Waals surface area contributed by atoms with Gasteiger partial charge in [0.25, 0.3) is 5.09 Å². The summed E-state index contributed by atoms with van der Waals surface area (Å²) in [4.78, 5) is 64.4. The summed E-state index contributed by atoms with van der Waals surface area (Å²) < 4.78 is 27.3. The highest BCUT2D eigenvalue weighted by atomic mass is 19.1. The lowest BCUT2D eigenvalue weighted by Gasteiger charge is -2.62. The summed E-state index contributed by atoms with van der Waals surface area (Å²) in [5.41, 5.74) is -0.240. The largest absolute Gasteiger partial charge is 0.465 e. The molecular formula is C30H41FN2O11. The molecule has 0 heterocycles. The number of rotatable bonds is 12. The minimum Gasteiger partial charge on any atom is -0.465 e. The van der Waals surface area contributed by atoms with E-state index >= 15 is 4.39 Å². The van der Waals surface area contributed by atoms with Crippen molar-refractivity contribution < 1.29 is 53.2 Å². The number of allylic oxidation sites excluding steroid dienone is 4. The molecule has 4 rings (SSSR count). The molecule has 0 saturated heterocycles. The first-order valence-electron chi connectivity index (χ1n) is 14.9. The van der Waals surface area contributed by atoms with Crippen LogP contribution in [0.1, 0.15) is 65.7 Å². The van der Waals surface area contributed by atoms with Gasteiger partial charge in [-0.15, -0.1) is 10.1 Å². The number of alkyl halides is 1. The van der Waals surface area contributed by atoms with Gasteiger partial charge in [0.15, 0.2) is 18.1 Å². The molecule has 0 radical (unpaired) electrons. The second-order valence-corrected chi connectivity index (χ2v) is 13.0. The molecule has 0 spiro atoms. The van der Waals surface area contributed by atoms with Gasteiger partial charge in [0.1, 0.15) is 11.6 Å². The van der Waals surface area contributed by atoms with Crippen molar-refractivity contribution in [2.75, 3.05) is 19.8 Å². The van der Waals surface area contributed by atoms with Gasteiger partial charge in [0.05, 0.1) is 25.7 Å². The molecule has 0 aromatic rings. The van der Waals surface area contributed by atoms with E-state index < -0.39 is 87.8 Å². The number of carbonyl (C=O) groups excluding carboxylic acids is 4. The van der Waals surface area contributed by atoms with Crippen molar-refractivity contribution in [3.63, 3.8) is 0 Å². The summed E-state index contributed by atoms with van der Waals surface area (Å²) in [6.07, 6.45) is 3.55. The Morgan fingerprint density at radius 3 is 2.57 bits per heavy atom. The van der Waals surface area contributed by atoms with Crippen molar-refractivity contribution in [1.29, 1.82) is 0 Å². The van der Waals surface area contributed by atoms with Gasteiger partial charge in [-0.3, -0.25) is 19.2 Å². The van der Waals surface area contributed by atoms with Gasteiger partial charge in [-0.05, 0) is 69.4 Å². The Balaban J connectivity index is 1.38. The average molecular weight is 625 g/mol. The van der Waals surface area contributed by atoms with Crippen LogP contribution in [-0.4, -0.2) is 82.0 Å². The third-order valence-corrected chi connectivity index (χ3v) is 10.7. The van der Waals surface area contributed by atoms with Gasteiger partial charge < -0.3 is 30.3 Å². The summed E-state index contributed by atoms with van der Waals surface area (Å²) in [5, 5.41) is 32.6. The molecule has 0 aromatic heterocycles. The Morgan fingerprint density at radius 2 is 1.89 bits per heavy atom. The van der Waals surface area contributed by atoms with Crippen LogP contribution in [0, 0.1) is 38.7 Å². The summed E-state index contributed by atoms with van der Waals surface area (Å²) in [6.45, 7) is 3.98. The third kappa shape index (κ3) is 5.45. The van der Waals surface area contributed by atoms with E-state index in [2.05, 4.69) is 4.84 Å². The third-order valence-electron chi connectivity index (χ3n) is 10.7. The Morgan fingerprint density at radius 1 is 1.20 bits per heavy atom. The number of carbonyl (C=O) groups is 4. The van der Waals surface area contributed by atoms with Crippen LogP contribution in [0.25, 0.3) is 0 Å². The Kier molecular flexibility index (Phi) is 9.39. The lowest BCUT2D eigenvalue weighted by atomic mass is 9.44. The van der Waals surface area contributed by atoms with Crippen LogP contribution >= 0.6 is 0 Å². The van der Waals surface area contributed by atoms with Crippen molar-refractivity contribution in [1.82, 2.24) is 0 Å². The zero-order valence-corrected chi connectivity index (χ0v) is 25.2. The molecule has 1 unspecified atom stereocenters. The van der Waals surface area contributed by atoms with E-state index in [9.17, 15) is 39.5 Å². The highest BCUT2D eigenvalue weighted by molar-refractivity contribution is 6.01. The van der Waals surface area contributed by atoms with E-state index in [1.54, 1.807) is 20.8 Å². The summed E-state index contributed by atoms with van der Waals surface area (Å²) in [5.74, 6) is -4.71. The monoisotopic (exact) mass is 624 g/mol. The Labute approximate surface area is 254 Å². The molecule has 0 amide bonds. The molecule has 0 aliphatic heterocycles. The predicted molar refractivity (Wildman–Crippen MR) is 150 cm³/mol. The van der Waals surface area contributed by atoms with Crippen LogP contribution in [0.3, 0.4) is 0 Å². The Bertz CT molecular complexity index is 1270. The number of hydrogen-bond acceptors (Lipinski definition) is 12. The number of fused-ring (bicyclic) bond motifs is 5. The lowest BCUT2D eigenvalue weighted by molar-refractivity contribution is -0.757. The average Bonchev–Trinajstić information content (AvgIpc) is 3.15. The zero-order valence-electron chi connectivity index (χ0n) is 25.2. The maximum Gasteiger partial charge on any atom is 0.323 e. The molecule has 3 fully saturated rings. The van der Waals surface area contributed by atoms with Crippen LogP contribution in [0.4, 0.5) is 4.39 Å². The molecule has 14 heteroatoms. The second kappa shape index (κ2) is 12.3. The van der Waals surface area contributed by atoms with Gasteiger partial charge in [-0.1, -0.05) is 25.5 Å². The number of aliphatic hydroxyl groups excluding tert-OH is 1. The minimum atomic E-state index is -2.12. The van der Waals surface area contributed by atoms with E-state index in [1.165, 1.54) is 18.2 Å². The maximum absolute atomic E-state index is 17.3. The van der Waals surface area contributed by atoms with Crippen molar-refractivity contribution in [2.24, 2.45) is 34.3 Å². The van der Waals surface area contributed by atoms with E-state index in [0.717, 1.165) is 0 Å². The topological polar surface area (TPSA) is 206 Å². The second-order valence-electron chi connectivity index (χ2n) is 13.0. The highest BCUT2D eigenvalue weighted by Crippen LogP contribution is 2.70. The van der Waals surface area contributed by atoms with Crippen LogP contribution < -0.4 is 5.73 Å². The fourth-order valence-electron chi connectivity index (χ4n) is 8.34. The fourth-order valence-corrected chi connectivity index (χ4v) is 8.34. The molecule has 0 bridgehead atoms. The van der Waals surface area contributed by atoms with Crippen LogP contribution in [0.15, 0.2) is 23.8 Å². The summed E-state index contributed by atoms with van der Waals surface area (Å²) in [6, 6.07) is -1.38. The molecular weight excluding hydrogens is 583 g/mol. The Hall–Kier alpha value is -3.23. The standard InChI is InChI=1S/C30H41FN2O11/c1-17-12-21-20-7-6-18-13-19(34)8-9-27(18,2)29(20,31)23(35)15-28(21,3)30(17,39)24(36)16-43-25(37)14-22(32)26(38)42-10-4-5-11-44-33(40)41/h8-9,13,17,20-23,35,39H,4-7,10-12,14-16,32H2,1-3H3/t17-,20-,21-,22?,23-,27-,28-,29-,30-/m0/s1. The summed E-state index contributed by atoms with van der Waals surface area (Å²) in [7, 11) is 0. The fraction of sp³-hybridized carbons (Fsp3) is 0.733. The number of nitrogens with two attached hydrogens (primary N) is 1. The van der Waals surface area contributed by atoms with Crippen molar-refractivity contribution in [3.8, 4) is 0 Å². The lowest BCUT2D eigenvalue weighted by Crippen LogP contribution is -2.69. The molecule has 13 nitrogen and oxygen atoms in total. The number of ketones is 2. The number of ether oxygens (including phenoxy) is 2. The van der Waals surface area contributed by atoms with Crippen molar-refractivity contribution in [2.45, 2.75) is 89.1 Å². The first-order chi connectivity index (χ1) is 20.5. The minimum absolute atomic E-state index is 0.0933. The molecule has 3 saturated carbocycles. The van der Waals surface area contributed by atoms with E-state index in [-0.39, 0.29) is 38.3 Å². The molecule has 244 valence electrons. The van der Waals surface area contributed by atoms with Gasteiger partial charge >= 0.3 is 11.9 Å². The smallest absolute Gasteiger partial charge is 0.323 e. The molecule has 4 N–H and O–H groups in total. The molecule has 4 aliphatic carbocycles. The molecule has 44 heavy (non-hydrogen) atoms. The van der Waals surface area contributed by atoms with E-state index in [1.807, 2.05) is 0 Å². The van der Waals surface area contributed by atoms with Crippen LogP contribution in [0.2, 0.25) is 0 Å². The van der Waals surface area contributed by atoms with E-state index in [0.29, 0.717) is 24.8 Å². The SMILES string of the molecule is C[C@H]1C[C@H]2[C@@H]3CCC4=CC(=O)C=C[C@]4(C)[C@@]3(F)[C@@H](O)C[C@]2(C)[C@@]1(O)C(=O)COC(=O)CC(N)C(=O)OCCCCO[N+](=O)[O-]. The van der Waals surface area contributed by atoms with Gasteiger partial charge in [-0.25, -0.2) is 4.39 Å². The maximum atomic E-state index is 17.3. The number of aliphatic hydroxyl groups is 2. The van der Waals surface area contributed by atoms with E-state index in [4.69, 9.17) is 15.2 Å². The highest BCUT2D eigenvalue weighted by Gasteiger charge is 2.75. The quantitative estimate of drug-likeness (QED) is 0.123. The van der Waals surface area contributed by atoms with Crippen molar-refractivity contribution in [3.05, 3.63) is 33.9 Å². The number of esters is 2. The normalized spacial score (nSPS) is 38.0. The molecule has 0 aromatic carbocycles. The van der Waals surface area contributed by atoms with Gasteiger partial charge in [0, 0.05) is 16.7 Å².